The second-order valence-corrected chi connectivity index (χ2v) is 9.60. The molecule has 4 rings (SSSR count). The predicted molar refractivity (Wildman–Crippen MR) is 109 cm³/mol. The third-order valence-electron chi connectivity index (χ3n) is 4.14. The molecule has 12 nitrogen and oxygen atoms in total. The Labute approximate surface area is 204 Å². The van der Waals surface area contributed by atoms with E-state index in [4.69, 9.17) is 0 Å². The van der Waals surface area contributed by atoms with Crippen molar-refractivity contribution < 1.29 is 19.5 Å². The zero-order valence-electron chi connectivity index (χ0n) is 15.9. The van der Waals surface area contributed by atoms with Gasteiger partial charge in [0.25, 0.3) is 5.91 Å². The van der Waals surface area contributed by atoms with Crippen LogP contribution < -0.4 is 5.32 Å². The van der Waals surface area contributed by atoms with Crippen LogP contribution in [0.3, 0.4) is 0 Å². The van der Waals surface area contributed by atoms with Gasteiger partial charge in [0.05, 0.1) is 0 Å². The summed E-state index contributed by atoms with van der Waals surface area (Å²) in [6.45, 7) is 1.72. The molecule has 0 saturated carbocycles. The second-order valence-electron chi connectivity index (χ2n) is 6.10. The topological polar surface area (TPSA) is 156 Å². The van der Waals surface area contributed by atoms with E-state index < -0.39 is 29.2 Å². The Morgan fingerprint density at radius 1 is 1.40 bits per heavy atom. The van der Waals surface area contributed by atoms with Crippen molar-refractivity contribution in [3.8, 4) is 0 Å². The molecule has 153 valence electrons. The van der Waals surface area contributed by atoms with Gasteiger partial charge in [-0.1, -0.05) is 23.1 Å². The van der Waals surface area contributed by atoms with E-state index in [0.29, 0.717) is 17.1 Å². The number of nitrogens with zero attached hydrogens (tertiary/aromatic N) is 7. The van der Waals surface area contributed by atoms with Gasteiger partial charge in [-0.3, -0.25) is 14.5 Å². The van der Waals surface area contributed by atoms with Crippen LogP contribution in [0.5, 0.6) is 0 Å². The number of tetrazole rings is 1. The molecule has 0 unspecified atom stereocenters. The number of carboxylic acids is 1. The number of hydrogen-bond acceptors (Lipinski definition) is 11. The number of β-lactam (4-membered cyclic amide) rings is 1. The van der Waals surface area contributed by atoms with Crippen LogP contribution in [-0.4, -0.2) is 111 Å². The van der Waals surface area contributed by atoms with Gasteiger partial charge in [0.2, 0.25) is 5.91 Å². The SMILES string of the molecule is Cc1nnc(SCC2=C(C(=O)O)N3C(=O)[C@@H](NC(=O)Cn4cnnn4)[C@H]3SC2)s1.[Na]. The Morgan fingerprint density at radius 2 is 2.20 bits per heavy atom. The van der Waals surface area contributed by atoms with Crippen LogP contribution in [-0.2, 0) is 20.9 Å². The molecule has 2 N–H and O–H groups in total. The van der Waals surface area contributed by atoms with Gasteiger partial charge < -0.3 is 10.4 Å². The van der Waals surface area contributed by atoms with Gasteiger partial charge in [-0.15, -0.1) is 27.1 Å². The van der Waals surface area contributed by atoms with E-state index >= 15 is 0 Å². The maximum absolute atomic E-state index is 12.6. The quantitative estimate of drug-likeness (QED) is 0.286. The number of amides is 2. The van der Waals surface area contributed by atoms with Gasteiger partial charge in [-0.2, -0.15) is 0 Å². The molecule has 1 saturated heterocycles. The summed E-state index contributed by atoms with van der Waals surface area (Å²) in [6, 6.07) is -0.779. The van der Waals surface area contributed by atoms with Crippen LogP contribution in [0.15, 0.2) is 21.9 Å². The Morgan fingerprint density at radius 3 is 2.83 bits per heavy atom. The van der Waals surface area contributed by atoms with Crippen LogP contribution in [0.1, 0.15) is 5.01 Å². The smallest absolute Gasteiger partial charge is 0.352 e. The molecule has 30 heavy (non-hydrogen) atoms. The molecule has 2 aromatic rings. The maximum Gasteiger partial charge on any atom is 0.352 e. The molecule has 4 heterocycles. The first-order valence-corrected chi connectivity index (χ1v) is 11.1. The van der Waals surface area contributed by atoms with Gasteiger partial charge in [0.15, 0.2) is 4.34 Å². The third-order valence-corrected chi connectivity index (χ3v) is 7.54. The number of aliphatic carboxylic acids is 1. The van der Waals surface area contributed by atoms with E-state index in [0.717, 1.165) is 9.35 Å². The molecule has 0 bridgehead atoms. The number of rotatable bonds is 7. The van der Waals surface area contributed by atoms with Crippen molar-refractivity contribution in [2.24, 2.45) is 0 Å². The van der Waals surface area contributed by atoms with Crippen molar-refractivity contribution in [3.05, 3.63) is 22.6 Å². The number of aryl methyl sites for hydroxylation is 1. The van der Waals surface area contributed by atoms with Crippen LogP contribution in [0.4, 0.5) is 0 Å². The zero-order valence-corrected chi connectivity index (χ0v) is 20.3. The molecule has 1 fully saturated rings. The molecule has 0 aromatic carbocycles. The van der Waals surface area contributed by atoms with E-state index in [9.17, 15) is 19.5 Å². The number of carboxylic acid groups (broad SMARTS) is 1. The molecule has 2 aliphatic rings. The van der Waals surface area contributed by atoms with Crippen molar-refractivity contribution >= 4 is 82.2 Å². The third kappa shape index (κ3) is 4.70. The summed E-state index contributed by atoms with van der Waals surface area (Å²) in [6.07, 6.45) is 1.29. The number of carbonyl (C=O) groups is 3. The fraction of sp³-hybridized carbons (Fsp3) is 0.429. The van der Waals surface area contributed by atoms with E-state index in [1.165, 1.54) is 50.8 Å². The van der Waals surface area contributed by atoms with Gasteiger partial charge >= 0.3 is 5.97 Å². The molecule has 0 aliphatic carbocycles. The fourth-order valence-electron chi connectivity index (χ4n) is 2.90. The summed E-state index contributed by atoms with van der Waals surface area (Å²) in [5.74, 6) is -1.19. The normalized spacial score (nSPS) is 20.3. The molecule has 0 spiro atoms. The number of fused-ring (bicyclic) bond motifs is 1. The summed E-state index contributed by atoms with van der Waals surface area (Å²) in [5.41, 5.74) is 0.627. The number of aromatic nitrogens is 6. The van der Waals surface area contributed by atoms with Crippen molar-refractivity contribution in [2.45, 2.75) is 29.2 Å². The summed E-state index contributed by atoms with van der Waals surface area (Å²) < 4.78 is 1.98. The van der Waals surface area contributed by atoms with Crippen molar-refractivity contribution in [2.75, 3.05) is 11.5 Å². The average Bonchev–Trinajstić information content (AvgIpc) is 3.35. The monoisotopic (exact) mass is 477 g/mol. The molecule has 2 atom stereocenters. The second kappa shape index (κ2) is 9.74. The Bertz CT molecular complexity index is 997. The van der Waals surface area contributed by atoms with Gasteiger partial charge in [-0.05, 0) is 22.9 Å². The largest absolute Gasteiger partial charge is 0.477 e. The molecule has 2 amide bonds. The van der Waals surface area contributed by atoms with E-state index in [1.807, 2.05) is 6.92 Å². The summed E-state index contributed by atoms with van der Waals surface area (Å²) in [4.78, 5) is 37.8. The first-order chi connectivity index (χ1) is 13.9. The molecule has 2 aliphatic heterocycles. The number of carbonyl (C=O) groups excluding carboxylic acids is 2. The average molecular weight is 478 g/mol. The summed E-state index contributed by atoms with van der Waals surface area (Å²) in [7, 11) is 0. The maximum atomic E-state index is 12.6. The van der Waals surface area contributed by atoms with Gasteiger partial charge in [0, 0.05) is 41.1 Å². The molecule has 1 radical (unpaired) electrons. The Hall–Kier alpha value is -1.52. The summed E-state index contributed by atoms with van der Waals surface area (Å²) >= 11 is 4.24. The minimum absolute atomic E-state index is 0. The fourth-order valence-corrected chi connectivity index (χ4v) is 6.20. The summed E-state index contributed by atoms with van der Waals surface area (Å²) in [5, 5.41) is 31.1. The van der Waals surface area contributed by atoms with E-state index in [1.54, 1.807) is 0 Å². The predicted octanol–water partition coefficient (Wildman–Crippen LogP) is -1.02. The van der Waals surface area contributed by atoms with Crippen molar-refractivity contribution in [3.63, 3.8) is 0 Å². The van der Waals surface area contributed by atoms with Gasteiger partial charge in [0.1, 0.15) is 35.0 Å². The Balaban J connectivity index is 0.00000256. The first kappa shape index (κ1) is 23.1. The minimum Gasteiger partial charge on any atom is -0.477 e. The van der Waals surface area contributed by atoms with Crippen LogP contribution in [0.2, 0.25) is 0 Å². The zero-order chi connectivity index (χ0) is 20.5. The van der Waals surface area contributed by atoms with E-state index in [2.05, 4.69) is 31.0 Å². The first-order valence-electron chi connectivity index (χ1n) is 8.27. The van der Waals surface area contributed by atoms with E-state index in [-0.39, 0.29) is 41.8 Å². The van der Waals surface area contributed by atoms with Crippen molar-refractivity contribution in [1.29, 1.82) is 0 Å². The number of thioether (sulfide) groups is 2. The standard InChI is InChI=1S/C14H14N8O4S3.Na/c1-6-17-18-14(29-6)28-4-7-3-27-12-9(11(24)22(12)10(7)13(25)26)16-8(23)2-21-5-15-19-20-21;/h5,9,12H,2-4H2,1H3,(H,16,23)(H,25,26);/t9-,12-;/m1./s1. The minimum atomic E-state index is -1.16. The van der Waals surface area contributed by atoms with Crippen LogP contribution >= 0.6 is 34.9 Å². The van der Waals surface area contributed by atoms with Crippen molar-refractivity contribution in [1.82, 2.24) is 40.6 Å². The molecule has 2 aromatic heterocycles. The van der Waals surface area contributed by atoms with Crippen LogP contribution in [0, 0.1) is 6.92 Å². The number of hydrogen-bond donors (Lipinski definition) is 2. The molecular weight excluding hydrogens is 463 g/mol. The Kier molecular flexibility index (Phi) is 7.52. The molecule has 16 heteroatoms. The van der Waals surface area contributed by atoms with Crippen LogP contribution in [0.25, 0.3) is 0 Å². The van der Waals surface area contributed by atoms with Gasteiger partial charge in [-0.25, -0.2) is 9.48 Å². The number of nitrogens with one attached hydrogen (secondary N) is 1. The molecular formula is C14H14N8NaO4S3.